The van der Waals surface area contributed by atoms with Gasteiger partial charge in [0.25, 0.3) is 5.91 Å². The third kappa shape index (κ3) is 3.03. The number of carbonyl (C=O) groups is 1. The monoisotopic (exact) mass is 353 g/mol. The summed E-state index contributed by atoms with van der Waals surface area (Å²) in [6, 6.07) is 13.2. The minimum atomic E-state index is -0.0883. The first-order valence-electron chi connectivity index (χ1n) is 8.14. The van der Waals surface area contributed by atoms with Crippen LogP contribution >= 0.6 is 11.6 Å². The molecule has 0 spiro atoms. The van der Waals surface area contributed by atoms with E-state index in [-0.39, 0.29) is 11.8 Å². The second-order valence-corrected chi connectivity index (χ2v) is 6.45. The van der Waals surface area contributed by atoms with Crippen molar-refractivity contribution in [2.75, 3.05) is 13.1 Å². The predicted molar refractivity (Wildman–Crippen MR) is 94.4 cm³/mol. The van der Waals surface area contributed by atoms with E-state index in [1.165, 1.54) is 6.20 Å². The molecular weight excluding hydrogens is 338 g/mol. The van der Waals surface area contributed by atoms with Gasteiger partial charge in [0, 0.05) is 36.5 Å². The topological polar surface area (TPSA) is 59.2 Å². The summed E-state index contributed by atoms with van der Waals surface area (Å²) in [4.78, 5) is 19.2. The largest absolute Gasteiger partial charge is 0.355 e. The van der Waals surface area contributed by atoms with Crippen molar-refractivity contribution in [3.63, 3.8) is 0 Å². The van der Waals surface area contributed by atoms with E-state index in [0.717, 1.165) is 12.1 Å². The molecule has 1 saturated heterocycles. The van der Waals surface area contributed by atoms with Gasteiger partial charge in [-0.3, -0.25) is 9.78 Å². The van der Waals surface area contributed by atoms with Gasteiger partial charge in [-0.25, -0.2) is 0 Å². The van der Waals surface area contributed by atoms with Gasteiger partial charge in [-0.2, -0.15) is 0 Å². The molecular formula is C19H16ClN3O2. The van der Waals surface area contributed by atoms with Gasteiger partial charge in [0.05, 0.1) is 11.2 Å². The van der Waals surface area contributed by atoms with Gasteiger partial charge < -0.3 is 9.42 Å². The minimum absolute atomic E-state index is 0.0883. The van der Waals surface area contributed by atoms with E-state index in [0.29, 0.717) is 35.0 Å². The lowest BCUT2D eigenvalue weighted by Gasteiger charge is -2.16. The zero-order valence-electron chi connectivity index (χ0n) is 13.4. The van der Waals surface area contributed by atoms with Crippen molar-refractivity contribution in [2.45, 2.75) is 12.3 Å². The number of amides is 1. The smallest absolute Gasteiger partial charge is 0.259 e. The van der Waals surface area contributed by atoms with E-state index in [9.17, 15) is 4.79 Å². The third-order valence-corrected chi connectivity index (χ3v) is 4.83. The Balaban J connectivity index is 1.57. The van der Waals surface area contributed by atoms with Crippen molar-refractivity contribution in [1.29, 1.82) is 0 Å². The van der Waals surface area contributed by atoms with Crippen LogP contribution in [0.3, 0.4) is 0 Å². The first-order valence-corrected chi connectivity index (χ1v) is 8.51. The Morgan fingerprint density at radius 1 is 1.20 bits per heavy atom. The molecule has 1 aliphatic rings. The maximum Gasteiger partial charge on any atom is 0.259 e. The van der Waals surface area contributed by atoms with E-state index < -0.39 is 0 Å². The van der Waals surface area contributed by atoms with Crippen molar-refractivity contribution in [2.24, 2.45) is 0 Å². The first-order chi connectivity index (χ1) is 12.2. The van der Waals surface area contributed by atoms with E-state index in [1.54, 1.807) is 12.3 Å². The summed E-state index contributed by atoms with van der Waals surface area (Å²) < 4.78 is 5.33. The van der Waals surface area contributed by atoms with Crippen molar-refractivity contribution in [3.05, 3.63) is 71.1 Å². The fraction of sp³-hybridized carbons (Fsp3) is 0.211. The highest BCUT2D eigenvalue weighted by molar-refractivity contribution is 6.33. The molecule has 1 fully saturated rings. The summed E-state index contributed by atoms with van der Waals surface area (Å²) >= 11 is 6.23. The Morgan fingerprint density at radius 2 is 2.04 bits per heavy atom. The molecule has 1 aliphatic heterocycles. The fourth-order valence-corrected chi connectivity index (χ4v) is 3.43. The molecule has 3 heterocycles. The summed E-state index contributed by atoms with van der Waals surface area (Å²) in [6.45, 7) is 1.33. The van der Waals surface area contributed by atoms with Crippen LogP contribution in [0.1, 0.15) is 28.4 Å². The number of halogens is 1. The van der Waals surface area contributed by atoms with Crippen LogP contribution in [0.15, 0.2) is 59.4 Å². The van der Waals surface area contributed by atoms with Crippen LogP contribution in [0.5, 0.6) is 0 Å². The van der Waals surface area contributed by atoms with Crippen LogP contribution in [0.2, 0.25) is 5.02 Å². The molecule has 4 rings (SSSR count). The van der Waals surface area contributed by atoms with Crippen molar-refractivity contribution in [1.82, 2.24) is 15.0 Å². The molecule has 3 aromatic rings. The Labute approximate surface area is 150 Å². The van der Waals surface area contributed by atoms with Crippen LogP contribution in [0, 0.1) is 0 Å². The molecule has 0 bridgehead atoms. The quantitative estimate of drug-likeness (QED) is 0.713. The zero-order valence-corrected chi connectivity index (χ0v) is 14.2. The van der Waals surface area contributed by atoms with Gasteiger partial charge in [-0.1, -0.05) is 35.0 Å². The molecule has 6 heteroatoms. The molecule has 1 aromatic carbocycles. The number of benzene rings is 1. The van der Waals surface area contributed by atoms with Crippen LogP contribution in [-0.4, -0.2) is 34.0 Å². The maximum absolute atomic E-state index is 13.0. The highest BCUT2D eigenvalue weighted by Crippen LogP contribution is 2.33. The Kier molecular flexibility index (Phi) is 4.24. The molecule has 1 unspecified atom stereocenters. The van der Waals surface area contributed by atoms with E-state index in [1.807, 2.05) is 41.3 Å². The van der Waals surface area contributed by atoms with Crippen molar-refractivity contribution < 1.29 is 9.32 Å². The highest BCUT2D eigenvalue weighted by Gasteiger charge is 2.31. The lowest BCUT2D eigenvalue weighted by Crippen LogP contribution is -2.28. The number of hydrogen-bond donors (Lipinski definition) is 0. The normalized spacial score (nSPS) is 17.0. The van der Waals surface area contributed by atoms with E-state index in [4.69, 9.17) is 16.1 Å². The van der Waals surface area contributed by atoms with Crippen LogP contribution in [0.25, 0.3) is 11.3 Å². The first kappa shape index (κ1) is 15.8. The molecule has 126 valence electrons. The summed E-state index contributed by atoms with van der Waals surface area (Å²) in [5, 5.41) is 4.34. The van der Waals surface area contributed by atoms with Gasteiger partial charge in [0.2, 0.25) is 0 Å². The zero-order chi connectivity index (χ0) is 17.2. The molecule has 0 radical (unpaired) electrons. The Morgan fingerprint density at radius 3 is 2.84 bits per heavy atom. The second kappa shape index (κ2) is 6.69. The SMILES string of the molecule is O=C(c1cnoc1-c1ccccc1Cl)N1CCC(c2ccccn2)C1. The summed E-state index contributed by atoms with van der Waals surface area (Å²) in [5.41, 5.74) is 2.13. The summed E-state index contributed by atoms with van der Waals surface area (Å²) in [5.74, 6) is 0.584. The minimum Gasteiger partial charge on any atom is -0.355 e. The number of nitrogens with zero attached hydrogens (tertiary/aromatic N) is 3. The van der Waals surface area contributed by atoms with Crippen LogP contribution < -0.4 is 0 Å². The maximum atomic E-state index is 13.0. The Hall–Kier alpha value is -2.66. The van der Waals surface area contributed by atoms with Crippen molar-refractivity contribution >= 4 is 17.5 Å². The van der Waals surface area contributed by atoms with Gasteiger partial charge in [0.15, 0.2) is 5.76 Å². The molecule has 25 heavy (non-hydrogen) atoms. The molecule has 0 saturated carbocycles. The lowest BCUT2D eigenvalue weighted by molar-refractivity contribution is 0.0791. The second-order valence-electron chi connectivity index (χ2n) is 6.04. The molecule has 0 aliphatic carbocycles. The van der Waals surface area contributed by atoms with Gasteiger partial charge in [-0.05, 0) is 30.7 Å². The average molecular weight is 354 g/mol. The number of carbonyl (C=O) groups excluding carboxylic acids is 1. The lowest BCUT2D eigenvalue weighted by atomic mass is 10.0. The number of rotatable bonds is 3. The molecule has 2 aromatic heterocycles. The molecule has 1 amide bonds. The highest BCUT2D eigenvalue weighted by atomic mass is 35.5. The predicted octanol–water partition coefficient (Wildman–Crippen LogP) is 4.02. The van der Waals surface area contributed by atoms with Gasteiger partial charge >= 0.3 is 0 Å². The van der Waals surface area contributed by atoms with E-state index >= 15 is 0 Å². The molecule has 5 nitrogen and oxygen atoms in total. The Bertz CT molecular complexity index is 894. The summed E-state index contributed by atoms with van der Waals surface area (Å²) in [6.07, 6.45) is 4.15. The van der Waals surface area contributed by atoms with Crippen LogP contribution in [-0.2, 0) is 0 Å². The third-order valence-electron chi connectivity index (χ3n) is 4.50. The van der Waals surface area contributed by atoms with Crippen LogP contribution in [0.4, 0.5) is 0 Å². The molecule has 1 atom stereocenters. The number of likely N-dealkylation sites (tertiary alicyclic amines) is 1. The number of pyridine rings is 1. The summed E-state index contributed by atoms with van der Waals surface area (Å²) in [7, 11) is 0. The average Bonchev–Trinajstić information content (AvgIpc) is 3.32. The van der Waals surface area contributed by atoms with E-state index in [2.05, 4.69) is 10.1 Å². The molecule has 0 N–H and O–H groups in total. The van der Waals surface area contributed by atoms with Gasteiger partial charge in [-0.15, -0.1) is 0 Å². The number of hydrogen-bond acceptors (Lipinski definition) is 4. The van der Waals surface area contributed by atoms with Crippen molar-refractivity contribution in [3.8, 4) is 11.3 Å². The number of aromatic nitrogens is 2. The van der Waals surface area contributed by atoms with Gasteiger partial charge in [0.1, 0.15) is 5.56 Å². The standard InChI is InChI=1S/C19H16ClN3O2/c20-16-6-2-1-5-14(16)18-15(11-22-25-18)19(24)23-10-8-13(12-23)17-7-3-4-9-21-17/h1-7,9,11,13H,8,10,12H2. The fourth-order valence-electron chi connectivity index (χ4n) is 3.21.